The first-order valence-corrected chi connectivity index (χ1v) is 7.75. The molecular weight excluding hydrogens is 261 g/mol. The van der Waals surface area contributed by atoms with Gasteiger partial charge in [0.2, 0.25) is 0 Å². The summed E-state index contributed by atoms with van der Waals surface area (Å²) < 4.78 is 13.5. The molecule has 0 saturated heterocycles. The van der Waals surface area contributed by atoms with E-state index in [-0.39, 0.29) is 16.9 Å². The van der Waals surface area contributed by atoms with Crippen molar-refractivity contribution in [3.8, 4) is 0 Å². The quantitative estimate of drug-likeness (QED) is 0.592. The molecule has 0 aliphatic heterocycles. The molecule has 0 fully saturated rings. The highest BCUT2D eigenvalue weighted by atomic mass is 35.5. The maximum atomic E-state index is 13.5. The summed E-state index contributed by atoms with van der Waals surface area (Å²) in [4.78, 5) is 0. The van der Waals surface area contributed by atoms with E-state index >= 15 is 0 Å². The monoisotopic (exact) mass is 285 g/mol. The highest BCUT2D eigenvalue weighted by Gasteiger charge is 2.12. The zero-order chi connectivity index (χ0) is 14.1. The van der Waals surface area contributed by atoms with Crippen LogP contribution in [0.2, 0.25) is 5.02 Å². The first-order valence-electron chi connectivity index (χ1n) is 7.37. The minimum absolute atomic E-state index is 0.198. The van der Waals surface area contributed by atoms with Crippen molar-refractivity contribution in [1.29, 1.82) is 0 Å². The molecule has 1 atom stereocenters. The second-order valence-corrected chi connectivity index (χ2v) is 5.44. The van der Waals surface area contributed by atoms with E-state index in [0.717, 1.165) is 24.9 Å². The van der Waals surface area contributed by atoms with Gasteiger partial charge in [0.1, 0.15) is 5.82 Å². The van der Waals surface area contributed by atoms with Gasteiger partial charge in [-0.15, -0.1) is 0 Å². The highest BCUT2D eigenvalue weighted by Crippen LogP contribution is 2.24. The Balaban J connectivity index is 2.63. The molecular formula is C16H25ClFN. The van der Waals surface area contributed by atoms with E-state index < -0.39 is 0 Å². The fraction of sp³-hybridized carbons (Fsp3) is 0.625. The van der Waals surface area contributed by atoms with Crippen molar-refractivity contribution in [3.63, 3.8) is 0 Å². The molecule has 1 N–H and O–H groups in total. The molecule has 1 unspecified atom stereocenters. The smallest absolute Gasteiger partial charge is 0.142 e. The maximum Gasteiger partial charge on any atom is 0.142 e. The Labute approximate surface area is 121 Å². The average Bonchev–Trinajstić information content (AvgIpc) is 2.41. The van der Waals surface area contributed by atoms with Crippen LogP contribution >= 0.6 is 11.6 Å². The fourth-order valence-electron chi connectivity index (χ4n) is 2.21. The van der Waals surface area contributed by atoms with Gasteiger partial charge in [-0.1, -0.05) is 57.2 Å². The zero-order valence-corrected chi connectivity index (χ0v) is 12.8. The van der Waals surface area contributed by atoms with E-state index in [4.69, 9.17) is 11.6 Å². The third kappa shape index (κ3) is 5.92. The van der Waals surface area contributed by atoms with Crippen molar-refractivity contribution >= 4 is 11.6 Å². The van der Waals surface area contributed by atoms with E-state index in [9.17, 15) is 4.39 Å². The molecule has 0 spiro atoms. The molecule has 0 saturated carbocycles. The standard InChI is InChI=1S/C16H25ClFN/c1-3-5-6-7-8-16(19-11-4-2)13-9-10-14(17)15(18)12-13/h9-10,12,16,19H,3-8,11H2,1-2H3. The summed E-state index contributed by atoms with van der Waals surface area (Å²) in [6, 6.07) is 5.39. The summed E-state index contributed by atoms with van der Waals surface area (Å²) in [6.45, 7) is 5.31. The SMILES string of the molecule is CCCCCCC(NCCC)c1ccc(Cl)c(F)c1. The molecule has 0 bridgehead atoms. The zero-order valence-electron chi connectivity index (χ0n) is 12.0. The van der Waals surface area contributed by atoms with Crippen LogP contribution in [0.4, 0.5) is 4.39 Å². The lowest BCUT2D eigenvalue weighted by molar-refractivity contribution is 0.468. The lowest BCUT2D eigenvalue weighted by atomic mass is 9.99. The highest BCUT2D eigenvalue weighted by molar-refractivity contribution is 6.30. The Morgan fingerprint density at radius 3 is 2.58 bits per heavy atom. The molecule has 0 aliphatic carbocycles. The second kappa shape index (κ2) is 9.33. The first kappa shape index (κ1) is 16.5. The molecule has 0 amide bonds. The number of hydrogen-bond donors (Lipinski definition) is 1. The predicted molar refractivity (Wildman–Crippen MR) is 81.2 cm³/mol. The van der Waals surface area contributed by atoms with Crippen molar-refractivity contribution in [2.24, 2.45) is 0 Å². The first-order chi connectivity index (χ1) is 9.19. The van der Waals surface area contributed by atoms with Crippen molar-refractivity contribution in [3.05, 3.63) is 34.6 Å². The van der Waals surface area contributed by atoms with Gasteiger partial charge in [0, 0.05) is 6.04 Å². The summed E-state index contributed by atoms with van der Waals surface area (Å²) in [5, 5.41) is 3.70. The average molecular weight is 286 g/mol. The van der Waals surface area contributed by atoms with Crippen LogP contribution in [0.15, 0.2) is 18.2 Å². The van der Waals surface area contributed by atoms with Gasteiger partial charge in [-0.25, -0.2) is 4.39 Å². The topological polar surface area (TPSA) is 12.0 Å². The molecule has 0 radical (unpaired) electrons. The molecule has 1 aromatic carbocycles. The van der Waals surface area contributed by atoms with Crippen LogP contribution in [0, 0.1) is 5.82 Å². The molecule has 0 aliphatic rings. The predicted octanol–water partition coefficient (Wildman–Crippen LogP) is 5.49. The summed E-state index contributed by atoms with van der Waals surface area (Å²) in [6.07, 6.45) is 7.08. The Bertz CT molecular complexity index is 368. The van der Waals surface area contributed by atoms with E-state index in [0.29, 0.717) is 0 Å². The molecule has 0 aromatic heterocycles. The van der Waals surface area contributed by atoms with Crippen LogP contribution < -0.4 is 5.32 Å². The molecule has 19 heavy (non-hydrogen) atoms. The van der Waals surface area contributed by atoms with Crippen LogP contribution in [0.1, 0.15) is 64.0 Å². The Morgan fingerprint density at radius 2 is 1.95 bits per heavy atom. The van der Waals surface area contributed by atoms with Crippen molar-refractivity contribution in [1.82, 2.24) is 5.32 Å². The van der Waals surface area contributed by atoms with Gasteiger partial charge in [0.25, 0.3) is 0 Å². The minimum Gasteiger partial charge on any atom is -0.310 e. The second-order valence-electron chi connectivity index (χ2n) is 5.03. The van der Waals surface area contributed by atoms with Gasteiger partial charge >= 0.3 is 0 Å². The van der Waals surface area contributed by atoms with Gasteiger partial charge < -0.3 is 5.32 Å². The summed E-state index contributed by atoms with van der Waals surface area (Å²) in [5.41, 5.74) is 1.01. The van der Waals surface area contributed by atoms with Crippen LogP contribution in [0.5, 0.6) is 0 Å². The number of hydrogen-bond acceptors (Lipinski definition) is 1. The lowest BCUT2D eigenvalue weighted by Gasteiger charge is -2.19. The van der Waals surface area contributed by atoms with Crippen molar-refractivity contribution in [2.75, 3.05) is 6.54 Å². The molecule has 1 nitrogen and oxygen atoms in total. The molecule has 1 rings (SSSR count). The van der Waals surface area contributed by atoms with Crippen molar-refractivity contribution < 1.29 is 4.39 Å². The fourth-order valence-corrected chi connectivity index (χ4v) is 2.33. The van der Waals surface area contributed by atoms with Crippen LogP contribution in [-0.4, -0.2) is 6.54 Å². The Hall–Kier alpha value is -0.600. The number of benzene rings is 1. The van der Waals surface area contributed by atoms with Gasteiger partial charge in [0.05, 0.1) is 5.02 Å². The number of nitrogens with one attached hydrogen (secondary N) is 1. The van der Waals surface area contributed by atoms with Gasteiger partial charge in [-0.2, -0.15) is 0 Å². The van der Waals surface area contributed by atoms with Crippen molar-refractivity contribution in [2.45, 2.75) is 58.4 Å². The summed E-state index contributed by atoms with van der Waals surface area (Å²) in [5.74, 6) is -0.323. The molecule has 3 heteroatoms. The molecule has 0 heterocycles. The third-order valence-corrected chi connectivity index (χ3v) is 3.64. The van der Waals surface area contributed by atoms with Crippen LogP contribution in [0.3, 0.4) is 0 Å². The number of halogens is 2. The molecule has 1 aromatic rings. The summed E-state index contributed by atoms with van der Waals surface area (Å²) in [7, 11) is 0. The third-order valence-electron chi connectivity index (χ3n) is 3.33. The van der Waals surface area contributed by atoms with E-state index in [1.54, 1.807) is 12.1 Å². The van der Waals surface area contributed by atoms with E-state index in [1.807, 2.05) is 6.07 Å². The Kier molecular flexibility index (Phi) is 8.08. The number of unbranched alkanes of at least 4 members (excludes halogenated alkanes) is 3. The largest absolute Gasteiger partial charge is 0.310 e. The van der Waals surface area contributed by atoms with Gasteiger partial charge in [-0.05, 0) is 37.1 Å². The Morgan fingerprint density at radius 1 is 1.16 bits per heavy atom. The van der Waals surface area contributed by atoms with E-state index in [1.165, 1.54) is 25.7 Å². The van der Waals surface area contributed by atoms with Gasteiger partial charge in [0.15, 0.2) is 0 Å². The number of rotatable bonds is 9. The summed E-state index contributed by atoms with van der Waals surface area (Å²) >= 11 is 5.74. The minimum atomic E-state index is -0.323. The van der Waals surface area contributed by atoms with Gasteiger partial charge in [-0.3, -0.25) is 0 Å². The maximum absolute atomic E-state index is 13.5. The normalized spacial score (nSPS) is 12.6. The van der Waals surface area contributed by atoms with Crippen LogP contribution in [-0.2, 0) is 0 Å². The lowest BCUT2D eigenvalue weighted by Crippen LogP contribution is -2.22. The van der Waals surface area contributed by atoms with Crippen LogP contribution in [0.25, 0.3) is 0 Å². The molecule has 108 valence electrons. The van der Waals surface area contributed by atoms with E-state index in [2.05, 4.69) is 19.2 Å².